The monoisotopic (exact) mass is 204 g/mol. The van der Waals surface area contributed by atoms with Crippen molar-refractivity contribution < 1.29 is 22.0 Å². The molecular formula is C3H3Cl2F5. The number of hydrogen-bond acceptors (Lipinski definition) is 0. The lowest BCUT2D eigenvalue weighted by Crippen LogP contribution is -2.07. The highest BCUT2D eigenvalue weighted by atomic mass is 35.5. The molecule has 0 bridgehead atoms. The van der Waals surface area contributed by atoms with Crippen molar-refractivity contribution in [2.75, 3.05) is 5.88 Å². The molecule has 0 aliphatic carbocycles. The van der Waals surface area contributed by atoms with E-state index < -0.39 is 17.9 Å². The number of hydrogen-bond donors (Lipinski definition) is 0. The molecule has 0 aromatic heterocycles. The first-order chi connectivity index (χ1) is 4.29. The predicted molar refractivity (Wildman–Crippen MR) is 28.6 cm³/mol. The summed E-state index contributed by atoms with van der Waals surface area (Å²) in [5, 5.41) is 0. The zero-order chi connectivity index (χ0) is 8.78. The van der Waals surface area contributed by atoms with Gasteiger partial charge in [-0.05, 0) is 0 Å². The molecule has 0 saturated heterocycles. The fraction of sp³-hybridized carbons (Fsp3) is 1.00. The summed E-state index contributed by atoms with van der Waals surface area (Å²) in [4.78, 5) is 0. The second-order valence-electron chi connectivity index (χ2n) is 0.996. The van der Waals surface area contributed by atoms with Gasteiger partial charge in [0.25, 0.3) is 0 Å². The van der Waals surface area contributed by atoms with E-state index in [0.29, 0.717) is 0 Å². The molecule has 7 heteroatoms. The standard InChI is InChI=1S/C2H2ClF3.CHClF2/c3-1-2(4,5)6;2-1(3)4/h1H2;1H. The maximum Gasteiger partial charge on any atom is 0.402 e. The molecule has 0 aromatic carbocycles. The van der Waals surface area contributed by atoms with Gasteiger partial charge in [-0.1, -0.05) is 11.6 Å². The lowest BCUT2D eigenvalue weighted by Gasteiger charge is -1.94. The van der Waals surface area contributed by atoms with E-state index in [0.717, 1.165) is 0 Å². The van der Waals surface area contributed by atoms with Crippen molar-refractivity contribution in [3.8, 4) is 0 Å². The summed E-state index contributed by atoms with van der Waals surface area (Å²) in [6.45, 7) is 0. The summed E-state index contributed by atoms with van der Waals surface area (Å²) < 4.78 is 52.2. The van der Waals surface area contributed by atoms with Gasteiger partial charge >= 0.3 is 12.1 Å². The second kappa shape index (κ2) is 5.97. The summed E-state index contributed by atoms with van der Waals surface area (Å²) >= 11 is 8.29. The Balaban J connectivity index is 0. The number of rotatable bonds is 0. The summed E-state index contributed by atoms with van der Waals surface area (Å²) in [6.07, 6.45) is -4.19. The van der Waals surface area contributed by atoms with Crippen LogP contribution in [0.2, 0.25) is 0 Å². The predicted octanol–water partition coefficient (Wildman–Crippen LogP) is 3.24. The van der Waals surface area contributed by atoms with E-state index in [1.807, 2.05) is 0 Å². The van der Waals surface area contributed by atoms with Crippen LogP contribution in [0.5, 0.6) is 0 Å². The molecule has 0 radical (unpaired) electrons. The zero-order valence-corrected chi connectivity index (χ0v) is 5.94. The Hall–Kier alpha value is 0.230. The minimum atomic E-state index is -4.19. The SMILES string of the molecule is FC(F)(F)CCl.FC(F)Cl. The van der Waals surface area contributed by atoms with Crippen LogP contribution in [0.4, 0.5) is 22.0 Å². The molecule has 0 heterocycles. The van der Waals surface area contributed by atoms with Crippen LogP contribution in [0.1, 0.15) is 0 Å². The van der Waals surface area contributed by atoms with Crippen molar-refractivity contribution in [2.45, 2.75) is 12.1 Å². The van der Waals surface area contributed by atoms with E-state index in [2.05, 4.69) is 23.2 Å². The van der Waals surface area contributed by atoms with Gasteiger partial charge in [0.1, 0.15) is 5.88 Å². The van der Waals surface area contributed by atoms with Crippen LogP contribution in [0, 0.1) is 0 Å². The first-order valence-electron chi connectivity index (χ1n) is 1.84. The normalized spacial score (nSPS) is 10.8. The number of halogens is 7. The fourth-order valence-corrected chi connectivity index (χ4v) is 0. The third-order valence-corrected chi connectivity index (χ3v) is 0.455. The highest BCUT2D eigenvalue weighted by molar-refractivity contribution is 6.18. The molecule has 0 nitrogen and oxygen atoms in total. The maximum absolute atomic E-state index is 10.7. The molecule has 0 fully saturated rings. The highest BCUT2D eigenvalue weighted by Gasteiger charge is 2.24. The molecule has 0 spiro atoms. The van der Waals surface area contributed by atoms with Crippen molar-refractivity contribution in [3.05, 3.63) is 0 Å². The average molecular weight is 205 g/mol. The third-order valence-electron chi connectivity index (χ3n) is 0.152. The van der Waals surface area contributed by atoms with E-state index in [-0.39, 0.29) is 0 Å². The quantitative estimate of drug-likeness (QED) is 0.420. The van der Waals surface area contributed by atoms with Crippen molar-refractivity contribution in [2.24, 2.45) is 0 Å². The molecule has 0 atom stereocenters. The van der Waals surface area contributed by atoms with Crippen LogP contribution in [0.25, 0.3) is 0 Å². The molecule has 0 amide bonds. The van der Waals surface area contributed by atoms with Gasteiger partial charge in [-0.3, -0.25) is 0 Å². The Bertz CT molecular complexity index is 67.0. The van der Waals surface area contributed by atoms with Gasteiger partial charge in [0.15, 0.2) is 0 Å². The van der Waals surface area contributed by atoms with Gasteiger partial charge in [-0.2, -0.15) is 22.0 Å². The summed E-state index contributed by atoms with van der Waals surface area (Å²) in [7, 11) is 0. The summed E-state index contributed by atoms with van der Waals surface area (Å²) in [5.74, 6) is -3.95. The molecule has 0 aromatic rings. The fourth-order valence-electron chi connectivity index (χ4n) is 0. The first-order valence-corrected chi connectivity index (χ1v) is 2.81. The Kier molecular flexibility index (Phi) is 7.69. The van der Waals surface area contributed by atoms with Crippen molar-refractivity contribution >= 4 is 23.2 Å². The number of alkyl halides is 7. The average Bonchev–Trinajstić information content (AvgIpc) is 1.63. The maximum atomic E-state index is 10.7. The molecular weight excluding hydrogens is 202 g/mol. The van der Waals surface area contributed by atoms with Crippen LogP contribution < -0.4 is 0 Å². The van der Waals surface area contributed by atoms with Gasteiger partial charge in [0.2, 0.25) is 0 Å². The molecule has 64 valence electrons. The van der Waals surface area contributed by atoms with E-state index >= 15 is 0 Å². The lowest BCUT2D eigenvalue weighted by atomic mass is 10.8. The van der Waals surface area contributed by atoms with Gasteiger partial charge in [-0.25, -0.2) is 0 Å². The Morgan fingerprint density at radius 3 is 1.30 bits per heavy atom. The molecule has 0 rings (SSSR count). The molecule has 0 aliphatic rings. The van der Waals surface area contributed by atoms with Crippen molar-refractivity contribution in [3.63, 3.8) is 0 Å². The largest absolute Gasteiger partial charge is 0.402 e. The van der Waals surface area contributed by atoms with Crippen LogP contribution in [0.3, 0.4) is 0 Å². The van der Waals surface area contributed by atoms with E-state index in [9.17, 15) is 22.0 Å². The smallest absolute Gasteiger partial charge is 0.192 e. The third kappa shape index (κ3) is 41.2. The molecule has 0 unspecified atom stereocenters. The van der Waals surface area contributed by atoms with Crippen LogP contribution in [-0.2, 0) is 0 Å². The molecule has 0 aliphatic heterocycles. The molecule has 0 N–H and O–H groups in total. The van der Waals surface area contributed by atoms with Gasteiger partial charge < -0.3 is 0 Å². The van der Waals surface area contributed by atoms with Crippen LogP contribution >= 0.6 is 23.2 Å². The summed E-state index contributed by atoms with van der Waals surface area (Å²) in [6, 6.07) is 0. The molecule has 0 saturated carbocycles. The Labute approximate surface area is 63.9 Å². The first kappa shape index (κ1) is 12.9. The minimum absolute atomic E-state index is 1.26. The Morgan fingerprint density at radius 1 is 1.20 bits per heavy atom. The van der Waals surface area contributed by atoms with Crippen LogP contribution in [-0.4, -0.2) is 17.9 Å². The zero-order valence-electron chi connectivity index (χ0n) is 4.43. The lowest BCUT2D eigenvalue weighted by molar-refractivity contribution is -0.106. The minimum Gasteiger partial charge on any atom is -0.192 e. The van der Waals surface area contributed by atoms with E-state index in [1.165, 1.54) is 0 Å². The van der Waals surface area contributed by atoms with Gasteiger partial charge in [-0.15, -0.1) is 11.6 Å². The second-order valence-corrected chi connectivity index (χ2v) is 1.59. The topological polar surface area (TPSA) is 0 Å². The van der Waals surface area contributed by atoms with Gasteiger partial charge in [0, 0.05) is 0 Å². The van der Waals surface area contributed by atoms with E-state index in [1.54, 1.807) is 0 Å². The van der Waals surface area contributed by atoms with Gasteiger partial charge in [0.05, 0.1) is 0 Å². The van der Waals surface area contributed by atoms with Crippen LogP contribution in [0.15, 0.2) is 0 Å². The molecule has 10 heavy (non-hydrogen) atoms. The Morgan fingerprint density at radius 2 is 1.30 bits per heavy atom. The summed E-state index contributed by atoms with van der Waals surface area (Å²) in [5.41, 5.74) is 0. The van der Waals surface area contributed by atoms with E-state index in [4.69, 9.17) is 0 Å². The van der Waals surface area contributed by atoms with Crippen molar-refractivity contribution in [1.29, 1.82) is 0 Å². The van der Waals surface area contributed by atoms with Crippen molar-refractivity contribution in [1.82, 2.24) is 0 Å². The highest BCUT2D eigenvalue weighted by Crippen LogP contribution is 2.14.